The molecule has 0 aliphatic rings. The van der Waals surface area contributed by atoms with E-state index in [-0.39, 0.29) is 5.91 Å². The molecule has 0 fully saturated rings. The van der Waals surface area contributed by atoms with Gasteiger partial charge in [0.1, 0.15) is 5.65 Å². The lowest BCUT2D eigenvalue weighted by Gasteiger charge is -2.06. The van der Waals surface area contributed by atoms with Crippen LogP contribution < -0.4 is 5.32 Å². The van der Waals surface area contributed by atoms with E-state index >= 15 is 0 Å². The summed E-state index contributed by atoms with van der Waals surface area (Å²) in [5.41, 5.74) is 3.40. The number of allylic oxidation sites excluding steroid dienone is 1. The number of anilines is 1. The Morgan fingerprint density at radius 3 is 3.00 bits per heavy atom. The SMILES string of the molecule is C/C=C/C(=O)Nc1cccc(-c2cnc3[nH]cc(Cl)c3c2)c1. The van der Waals surface area contributed by atoms with Gasteiger partial charge in [-0.25, -0.2) is 4.98 Å². The van der Waals surface area contributed by atoms with Gasteiger partial charge in [-0.1, -0.05) is 29.8 Å². The molecule has 2 aromatic heterocycles. The molecule has 0 saturated carbocycles. The Balaban J connectivity index is 1.96. The van der Waals surface area contributed by atoms with E-state index in [0.717, 1.165) is 27.8 Å². The number of amides is 1. The normalized spacial score (nSPS) is 11.2. The Bertz CT molecular complexity index is 867. The zero-order valence-corrected chi connectivity index (χ0v) is 12.7. The zero-order chi connectivity index (χ0) is 15.5. The maximum atomic E-state index is 11.6. The highest BCUT2D eigenvalue weighted by Gasteiger charge is 2.06. The Morgan fingerprint density at radius 2 is 2.18 bits per heavy atom. The minimum absolute atomic E-state index is 0.151. The number of pyridine rings is 1. The quantitative estimate of drug-likeness (QED) is 0.704. The Kier molecular flexibility index (Phi) is 3.94. The van der Waals surface area contributed by atoms with E-state index in [2.05, 4.69) is 15.3 Å². The highest BCUT2D eigenvalue weighted by Crippen LogP contribution is 2.28. The first-order chi connectivity index (χ1) is 10.7. The van der Waals surface area contributed by atoms with E-state index in [4.69, 9.17) is 11.6 Å². The lowest BCUT2D eigenvalue weighted by molar-refractivity contribution is -0.111. The van der Waals surface area contributed by atoms with Crippen molar-refractivity contribution in [1.29, 1.82) is 0 Å². The highest BCUT2D eigenvalue weighted by atomic mass is 35.5. The molecule has 110 valence electrons. The molecule has 2 heterocycles. The van der Waals surface area contributed by atoms with Crippen LogP contribution >= 0.6 is 11.6 Å². The number of nitrogens with one attached hydrogen (secondary N) is 2. The largest absolute Gasteiger partial charge is 0.345 e. The first-order valence-electron chi connectivity index (χ1n) is 6.84. The van der Waals surface area contributed by atoms with Crippen molar-refractivity contribution in [1.82, 2.24) is 9.97 Å². The Labute approximate surface area is 132 Å². The van der Waals surface area contributed by atoms with Crippen molar-refractivity contribution in [2.75, 3.05) is 5.32 Å². The number of hydrogen-bond donors (Lipinski definition) is 2. The molecule has 1 aromatic carbocycles. The van der Waals surface area contributed by atoms with Crippen molar-refractivity contribution in [3.05, 3.63) is 59.9 Å². The summed E-state index contributed by atoms with van der Waals surface area (Å²) in [7, 11) is 0. The number of benzene rings is 1. The van der Waals surface area contributed by atoms with Gasteiger partial charge < -0.3 is 10.3 Å². The number of nitrogens with zero attached hydrogens (tertiary/aromatic N) is 1. The highest BCUT2D eigenvalue weighted by molar-refractivity contribution is 6.35. The summed E-state index contributed by atoms with van der Waals surface area (Å²) < 4.78 is 0. The van der Waals surface area contributed by atoms with Crippen molar-refractivity contribution in [2.45, 2.75) is 6.92 Å². The van der Waals surface area contributed by atoms with Gasteiger partial charge in [0.15, 0.2) is 0 Å². The number of rotatable bonds is 3. The number of fused-ring (bicyclic) bond motifs is 1. The molecule has 3 aromatic rings. The van der Waals surface area contributed by atoms with E-state index in [0.29, 0.717) is 5.02 Å². The minimum Gasteiger partial charge on any atom is -0.345 e. The van der Waals surface area contributed by atoms with Crippen LogP contribution in [0.25, 0.3) is 22.2 Å². The molecule has 1 amide bonds. The maximum absolute atomic E-state index is 11.6. The zero-order valence-electron chi connectivity index (χ0n) is 11.9. The van der Waals surface area contributed by atoms with E-state index in [9.17, 15) is 4.79 Å². The van der Waals surface area contributed by atoms with E-state index in [1.54, 1.807) is 25.4 Å². The molecule has 0 unspecified atom stereocenters. The number of aromatic nitrogens is 2. The number of H-pyrrole nitrogens is 1. The molecule has 4 nitrogen and oxygen atoms in total. The Hall–Kier alpha value is -2.59. The van der Waals surface area contributed by atoms with Crippen molar-refractivity contribution < 1.29 is 4.79 Å². The molecule has 0 aliphatic heterocycles. The molecular weight excluding hydrogens is 298 g/mol. The van der Waals surface area contributed by atoms with Crippen molar-refractivity contribution in [3.8, 4) is 11.1 Å². The minimum atomic E-state index is -0.151. The molecule has 0 spiro atoms. The van der Waals surface area contributed by atoms with Crippen LogP contribution in [0.4, 0.5) is 5.69 Å². The van der Waals surface area contributed by atoms with Crippen molar-refractivity contribution in [2.24, 2.45) is 0 Å². The number of carbonyl (C=O) groups excluding carboxylic acids is 1. The molecule has 0 atom stereocenters. The fourth-order valence-corrected chi connectivity index (χ4v) is 2.44. The molecule has 0 saturated heterocycles. The number of halogens is 1. The topological polar surface area (TPSA) is 57.8 Å². The van der Waals surface area contributed by atoms with Gasteiger partial charge in [0, 0.05) is 29.0 Å². The predicted molar refractivity (Wildman–Crippen MR) is 90.0 cm³/mol. The fourth-order valence-electron chi connectivity index (χ4n) is 2.24. The monoisotopic (exact) mass is 311 g/mol. The summed E-state index contributed by atoms with van der Waals surface area (Å²) in [5.74, 6) is -0.151. The second-order valence-electron chi connectivity index (χ2n) is 4.83. The van der Waals surface area contributed by atoms with E-state index in [1.807, 2.05) is 30.3 Å². The van der Waals surface area contributed by atoms with Crippen molar-refractivity contribution in [3.63, 3.8) is 0 Å². The lowest BCUT2D eigenvalue weighted by atomic mass is 10.1. The average Bonchev–Trinajstić information content (AvgIpc) is 2.89. The molecule has 22 heavy (non-hydrogen) atoms. The third kappa shape index (κ3) is 2.87. The average molecular weight is 312 g/mol. The molecule has 2 N–H and O–H groups in total. The van der Waals surface area contributed by atoms with E-state index < -0.39 is 0 Å². The van der Waals surface area contributed by atoms with Gasteiger partial charge in [0.25, 0.3) is 0 Å². The van der Waals surface area contributed by atoms with Crippen LogP contribution in [0.3, 0.4) is 0 Å². The van der Waals surface area contributed by atoms with Crippen LogP contribution in [-0.4, -0.2) is 15.9 Å². The Morgan fingerprint density at radius 1 is 1.32 bits per heavy atom. The van der Waals surface area contributed by atoms with Crippen LogP contribution in [0, 0.1) is 0 Å². The first-order valence-corrected chi connectivity index (χ1v) is 7.22. The van der Waals surface area contributed by atoms with Crippen molar-refractivity contribution >= 4 is 34.2 Å². The molecule has 5 heteroatoms. The third-order valence-corrected chi connectivity index (χ3v) is 3.57. The third-order valence-electron chi connectivity index (χ3n) is 3.26. The van der Waals surface area contributed by atoms with Crippen LogP contribution in [0.2, 0.25) is 5.02 Å². The summed E-state index contributed by atoms with van der Waals surface area (Å²) >= 11 is 6.13. The molecule has 3 rings (SSSR count). The molecular formula is C17H14ClN3O. The summed E-state index contributed by atoms with van der Waals surface area (Å²) in [6.07, 6.45) is 6.68. The fraction of sp³-hybridized carbons (Fsp3) is 0.0588. The van der Waals surface area contributed by atoms with Gasteiger partial charge in [-0.15, -0.1) is 0 Å². The summed E-state index contributed by atoms with van der Waals surface area (Å²) in [5, 5.41) is 4.34. The van der Waals surface area contributed by atoms with Gasteiger partial charge in [0.2, 0.25) is 5.91 Å². The van der Waals surface area contributed by atoms with Gasteiger partial charge >= 0.3 is 0 Å². The number of aromatic amines is 1. The number of carbonyl (C=O) groups is 1. The first kappa shape index (κ1) is 14.4. The smallest absolute Gasteiger partial charge is 0.248 e. The van der Waals surface area contributed by atoms with Crippen LogP contribution in [0.1, 0.15) is 6.92 Å². The van der Waals surface area contributed by atoms with Gasteiger partial charge in [0.05, 0.1) is 5.02 Å². The maximum Gasteiger partial charge on any atom is 0.248 e. The predicted octanol–water partition coefficient (Wildman–Crippen LogP) is 4.40. The van der Waals surface area contributed by atoms with Gasteiger partial charge in [-0.05, 0) is 36.8 Å². The molecule has 0 radical (unpaired) electrons. The standard InChI is InChI=1S/C17H14ClN3O/c1-2-4-16(22)21-13-6-3-5-11(7-13)12-8-14-15(18)10-20-17(14)19-9-12/h2-10H,1H3,(H,19,20)(H,21,22)/b4-2+. The van der Waals surface area contributed by atoms with Gasteiger partial charge in [-0.2, -0.15) is 0 Å². The number of hydrogen-bond acceptors (Lipinski definition) is 2. The van der Waals surface area contributed by atoms with Gasteiger partial charge in [-0.3, -0.25) is 4.79 Å². The summed E-state index contributed by atoms with van der Waals surface area (Å²) in [4.78, 5) is 19.0. The second-order valence-corrected chi connectivity index (χ2v) is 5.23. The lowest BCUT2D eigenvalue weighted by Crippen LogP contribution is -2.07. The second kappa shape index (κ2) is 6.03. The summed E-state index contributed by atoms with van der Waals surface area (Å²) in [6, 6.07) is 9.59. The van der Waals surface area contributed by atoms with E-state index in [1.165, 1.54) is 6.08 Å². The van der Waals surface area contributed by atoms with Crippen LogP contribution in [0.5, 0.6) is 0 Å². The van der Waals surface area contributed by atoms with Crippen LogP contribution in [0.15, 0.2) is 54.9 Å². The molecule has 0 bridgehead atoms. The molecule has 0 aliphatic carbocycles. The summed E-state index contributed by atoms with van der Waals surface area (Å²) in [6.45, 7) is 1.80. The van der Waals surface area contributed by atoms with Crippen LogP contribution in [-0.2, 0) is 4.79 Å².